The van der Waals surface area contributed by atoms with Crippen LogP contribution in [0.2, 0.25) is 0 Å². The van der Waals surface area contributed by atoms with Crippen molar-refractivity contribution in [2.24, 2.45) is 0 Å². The first kappa shape index (κ1) is 11.3. The van der Waals surface area contributed by atoms with Gasteiger partial charge in [-0.05, 0) is 18.6 Å². The van der Waals surface area contributed by atoms with E-state index < -0.39 is 0 Å². The summed E-state index contributed by atoms with van der Waals surface area (Å²) >= 11 is 0. The van der Waals surface area contributed by atoms with Gasteiger partial charge in [0.1, 0.15) is 0 Å². The van der Waals surface area contributed by atoms with E-state index in [0.29, 0.717) is 24.6 Å². The lowest BCUT2D eigenvalue weighted by Crippen LogP contribution is -2.30. The number of carbonyl (C=O) groups is 1. The number of aromatic nitrogens is 3. The zero-order valence-corrected chi connectivity index (χ0v) is 9.13. The van der Waals surface area contributed by atoms with Crippen molar-refractivity contribution in [3.8, 4) is 0 Å². The molecule has 0 aliphatic rings. The molecule has 90 valence electrons. The van der Waals surface area contributed by atoms with Crippen LogP contribution in [0.15, 0.2) is 24.4 Å². The maximum absolute atomic E-state index is 11.4. The molecule has 3 N–H and O–H groups in total. The molecule has 0 atom stereocenters. The second-order valence-corrected chi connectivity index (χ2v) is 3.41. The average Bonchev–Trinajstić information content (AvgIpc) is 2.73. The first-order valence-corrected chi connectivity index (χ1v) is 5.27. The lowest BCUT2D eigenvalue weighted by atomic mass is 10.4. The summed E-state index contributed by atoms with van der Waals surface area (Å²) < 4.78 is 1.67. The Morgan fingerprint density at radius 3 is 3.12 bits per heavy atom. The van der Waals surface area contributed by atoms with Gasteiger partial charge in [0.2, 0.25) is 5.95 Å². The van der Waals surface area contributed by atoms with Gasteiger partial charge in [-0.15, -0.1) is 10.2 Å². The molecule has 7 nitrogen and oxygen atoms in total. The van der Waals surface area contributed by atoms with Crippen molar-refractivity contribution >= 4 is 17.6 Å². The SMILES string of the molecule is O=C(NCCCO)Nc1nnc2ccccn12. The fourth-order valence-electron chi connectivity index (χ4n) is 1.35. The fourth-order valence-corrected chi connectivity index (χ4v) is 1.35. The lowest BCUT2D eigenvalue weighted by molar-refractivity contribution is 0.248. The van der Waals surface area contributed by atoms with Gasteiger partial charge in [-0.25, -0.2) is 4.79 Å². The summed E-state index contributed by atoms with van der Waals surface area (Å²) in [5, 5.41) is 21.5. The highest BCUT2D eigenvalue weighted by Crippen LogP contribution is 2.06. The van der Waals surface area contributed by atoms with E-state index in [4.69, 9.17) is 5.11 Å². The predicted octanol–water partition coefficient (Wildman–Crippen LogP) is 0.233. The summed E-state index contributed by atoms with van der Waals surface area (Å²) in [6.07, 6.45) is 2.28. The van der Waals surface area contributed by atoms with Crippen molar-refractivity contribution in [2.75, 3.05) is 18.5 Å². The van der Waals surface area contributed by atoms with Crippen LogP contribution < -0.4 is 10.6 Å². The van der Waals surface area contributed by atoms with Crippen molar-refractivity contribution in [3.63, 3.8) is 0 Å². The number of amides is 2. The Morgan fingerprint density at radius 2 is 2.29 bits per heavy atom. The summed E-state index contributed by atoms with van der Waals surface area (Å²) in [5.74, 6) is 0.363. The van der Waals surface area contributed by atoms with Crippen LogP contribution >= 0.6 is 0 Å². The number of hydrogen-bond acceptors (Lipinski definition) is 4. The maximum Gasteiger partial charge on any atom is 0.321 e. The van der Waals surface area contributed by atoms with Gasteiger partial charge in [-0.3, -0.25) is 9.72 Å². The first-order valence-electron chi connectivity index (χ1n) is 5.27. The van der Waals surface area contributed by atoms with Gasteiger partial charge in [-0.1, -0.05) is 6.07 Å². The number of pyridine rings is 1. The van der Waals surface area contributed by atoms with E-state index >= 15 is 0 Å². The van der Waals surface area contributed by atoms with Gasteiger partial charge in [-0.2, -0.15) is 0 Å². The minimum Gasteiger partial charge on any atom is -0.396 e. The predicted molar refractivity (Wildman–Crippen MR) is 61.7 cm³/mol. The number of carbonyl (C=O) groups excluding carboxylic acids is 1. The molecule has 0 aromatic carbocycles. The standard InChI is InChI=1S/C10H13N5O2/c16-7-3-5-11-10(17)12-9-14-13-8-4-1-2-6-15(8)9/h1-2,4,6,16H,3,5,7H2,(H2,11,12,14,17). The maximum atomic E-state index is 11.4. The molecule has 0 saturated heterocycles. The largest absolute Gasteiger partial charge is 0.396 e. The third-order valence-electron chi connectivity index (χ3n) is 2.16. The second-order valence-electron chi connectivity index (χ2n) is 3.41. The Morgan fingerprint density at radius 1 is 1.41 bits per heavy atom. The van der Waals surface area contributed by atoms with E-state index in [0.717, 1.165) is 0 Å². The summed E-state index contributed by atoms with van der Waals surface area (Å²) in [6, 6.07) is 5.10. The number of anilines is 1. The van der Waals surface area contributed by atoms with Crippen molar-refractivity contribution < 1.29 is 9.90 Å². The minimum absolute atomic E-state index is 0.0497. The Bertz CT molecular complexity index is 510. The molecule has 0 aliphatic carbocycles. The van der Waals surface area contributed by atoms with E-state index in [9.17, 15) is 4.79 Å². The van der Waals surface area contributed by atoms with Crippen LogP contribution in [-0.4, -0.2) is 38.9 Å². The van der Waals surface area contributed by atoms with Crippen LogP contribution in [-0.2, 0) is 0 Å². The molecule has 7 heteroatoms. The number of nitrogens with one attached hydrogen (secondary N) is 2. The third kappa shape index (κ3) is 2.70. The van der Waals surface area contributed by atoms with Gasteiger partial charge < -0.3 is 10.4 Å². The molecule has 0 aliphatic heterocycles. The monoisotopic (exact) mass is 235 g/mol. The number of urea groups is 1. The van der Waals surface area contributed by atoms with E-state index in [1.165, 1.54) is 0 Å². The van der Waals surface area contributed by atoms with Crippen LogP contribution in [0.4, 0.5) is 10.7 Å². The van der Waals surface area contributed by atoms with E-state index in [1.807, 2.05) is 12.1 Å². The fraction of sp³-hybridized carbons (Fsp3) is 0.300. The number of hydrogen-bond donors (Lipinski definition) is 3. The smallest absolute Gasteiger partial charge is 0.321 e. The van der Waals surface area contributed by atoms with E-state index in [2.05, 4.69) is 20.8 Å². The van der Waals surface area contributed by atoms with Crippen LogP contribution in [0.25, 0.3) is 5.65 Å². The summed E-state index contributed by atoms with van der Waals surface area (Å²) in [5.41, 5.74) is 0.665. The van der Waals surface area contributed by atoms with Gasteiger partial charge >= 0.3 is 6.03 Å². The molecule has 2 heterocycles. The molecule has 0 radical (unpaired) electrons. The number of aliphatic hydroxyl groups is 1. The van der Waals surface area contributed by atoms with Crippen molar-refractivity contribution in [3.05, 3.63) is 24.4 Å². The van der Waals surface area contributed by atoms with Crippen molar-refractivity contribution in [1.82, 2.24) is 19.9 Å². The summed E-state index contributed by atoms with van der Waals surface area (Å²) in [4.78, 5) is 11.4. The second kappa shape index (κ2) is 5.26. The van der Waals surface area contributed by atoms with Crippen molar-refractivity contribution in [1.29, 1.82) is 0 Å². The van der Waals surface area contributed by atoms with Crippen LogP contribution in [0.5, 0.6) is 0 Å². The van der Waals surface area contributed by atoms with Gasteiger partial charge in [0, 0.05) is 19.3 Å². The normalized spacial score (nSPS) is 10.4. The number of rotatable bonds is 4. The third-order valence-corrected chi connectivity index (χ3v) is 2.16. The molecule has 2 rings (SSSR count). The van der Waals surface area contributed by atoms with Crippen LogP contribution in [0.1, 0.15) is 6.42 Å². The number of nitrogens with zero attached hydrogens (tertiary/aromatic N) is 3. The highest BCUT2D eigenvalue weighted by Gasteiger charge is 2.07. The molecule has 2 aromatic heterocycles. The Hall–Kier alpha value is -2.15. The van der Waals surface area contributed by atoms with E-state index in [1.54, 1.807) is 16.7 Å². The molecule has 0 fully saturated rings. The van der Waals surface area contributed by atoms with Gasteiger partial charge in [0.15, 0.2) is 5.65 Å². The van der Waals surface area contributed by atoms with Crippen LogP contribution in [0.3, 0.4) is 0 Å². The molecule has 2 amide bonds. The molecule has 0 bridgehead atoms. The molecule has 0 saturated carbocycles. The highest BCUT2D eigenvalue weighted by atomic mass is 16.3. The number of fused-ring (bicyclic) bond motifs is 1. The first-order chi connectivity index (χ1) is 8.31. The van der Waals surface area contributed by atoms with Crippen LogP contribution in [0, 0.1) is 0 Å². The van der Waals surface area contributed by atoms with Crippen molar-refractivity contribution in [2.45, 2.75) is 6.42 Å². The average molecular weight is 235 g/mol. The zero-order chi connectivity index (χ0) is 12.1. The molecule has 17 heavy (non-hydrogen) atoms. The quantitative estimate of drug-likeness (QED) is 0.662. The Labute approximate surface area is 97.5 Å². The topological polar surface area (TPSA) is 91.5 Å². The lowest BCUT2D eigenvalue weighted by Gasteiger charge is -2.04. The summed E-state index contributed by atoms with van der Waals surface area (Å²) in [6.45, 7) is 0.465. The summed E-state index contributed by atoms with van der Waals surface area (Å²) in [7, 11) is 0. The Kier molecular flexibility index (Phi) is 3.51. The Balaban J connectivity index is 2.01. The van der Waals surface area contributed by atoms with Gasteiger partial charge in [0.05, 0.1) is 0 Å². The minimum atomic E-state index is -0.364. The number of aliphatic hydroxyl groups excluding tert-OH is 1. The molecular weight excluding hydrogens is 222 g/mol. The van der Waals surface area contributed by atoms with E-state index in [-0.39, 0.29) is 12.6 Å². The molecular formula is C10H13N5O2. The zero-order valence-electron chi connectivity index (χ0n) is 9.13. The molecule has 0 spiro atoms. The molecule has 2 aromatic rings. The van der Waals surface area contributed by atoms with Gasteiger partial charge in [0.25, 0.3) is 0 Å². The highest BCUT2D eigenvalue weighted by molar-refractivity contribution is 5.87. The molecule has 0 unspecified atom stereocenters.